The van der Waals surface area contributed by atoms with Crippen LogP contribution in [0.2, 0.25) is 0 Å². The molecule has 0 heterocycles. The van der Waals surface area contributed by atoms with Gasteiger partial charge in [0, 0.05) is 30.5 Å². The summed E-state index contributed by atoms with van der Waals surface area (Å²) >= 11 is 0. The van der Waals surface area contributed by atoms with E-state index in [0.29, 0.717) is 18.7 Å². The summed E-state index contributed by atoms with van der Waals surface area (Å²) in [5.41, 5.74) is 3.44. The lowest BCUT2D eigenvalue weighted by atomic mass is 10.2. The third kappa shape index (κ3) is 6.42. The molecule has 3 N–H and O–H groups in total. The van der Waals surface area contributed by atoms with Gasteiger partial charge in [-0.1, -0.05) is 18.2 Å². The van der Waals surface area contributed by atoms with E-state index in [2.05, 4.69) is 16.0 Å². The Morgan fingerprint density at radius 3 is 2.38 bits per heavy atom. The summed E-state index contributed by atoms with van der Waals surface area (Å²) in [6, 6.07) is 9.70. The maximum Gasteiger partial charge on any atom is 0.217 e. The predicted octanol–water partition coefficient (Wildman–Crippen LogP) is 2.16. The number of para-hydroxylation sites is 1. The summed E-state index contributed by atoms with van der Waals surface area (Å²) < 4.78 is 0. The topological polar surface area (TPSA) is 70.2 Å². The fourth-order valence-corrected chi connectivity index (χ4v) is 1.65. The molecule has 1 aromatic carbocycles. The van der Waals surface area contributed by atoms with Crippen LogP contribution in [0, 0.1) is 0 Å². The number of rotatable bonds is 7. The Morgan fingerprint density at radius 1 is 1.14 bits per heavy atom. The highest BCUT2D eigenvalue weighted by Gasteiger charge is 2.03. The Balaban J connectivity index is 2.98. The van der Waals surface area contributed by atoms with E-state index in [1.807, 2.05) is 43.3 Å². The molecule has 0 fully saturated rings. The minimum Gasteiger partial charge on any atom is -0.355 e. The highest BCUT2D eigenvalue weighted by Crippen LogP contribution is 2.14. The standard InChI is InChI=1S/C16H21N3O2/c1-12(10-17-14(3)21)16(9-13(2)18-11-20)19-15-7-5-4-6-8-15/h4-9,11,19H,10H2,1-3H3,(H,17,21)(H,18,20)/b13-9-,16-12-. The Kier molecular flexibility index (Phi) is 6.74. The van der Waals surface area contributed by atoms with Crippen molar-refractivity contribution in [2.24, 2.45) is 0 Å². The molecule has 1 rings (SSSR count). The molecule has 0 saturated carbocycles. The van der Waals surface area contributed by atoms with Gasteiger partial charge in [-0.3, -0.25) is 9.59 Å². The van der Waals surface area contributed by atoms with E-state index >= 15 is 0 Å². The molecule has 0 bridgehead atoms. The van der Waals surface area contributed by atoms with E-state index < -0.39 is 0 Å². The van der Waals surface area contributed by atoms with Gasteiger partial charge < -0.3 is 16.0 Å². The maximum atomic E-state index is 11.0. The van der Waals surface area contributed by atoms with Crippen LogP contribution in [0.15, 0.2) is 53.4 Å². The molecule has 112 valence electrons. The first-order chi connectivity index (χ1) is 10.0. The van der Waals surface area contributed by atoms with Gasteiger partial charge in [-0.05, 0) is 37.6 Å². The first-order valence-electron chi connectivity index (χ1n) is 6.67. The lowest BCUT2D eigenvalue weighted by Crippen LogP contribution is -2.23. The highest BCUT2D eigenvalue weighted by molar-refractivity contribution is 5.73. The Bertz CT molecular complexity index is 548. The molecule has 0 aromatic heterocycles. The summed E-state index contributed by atoms with van der Waals surface area (Å²) in [5, 5.41) is 8.65. The zero-order valence-corrected chi connectivity index (χ0v) is 12.6. The fraction of sp³-hybridized carbons (Fsp3) is 0.250. The number of nitrogens with one attached hydrogen (secondary N) is 3. The molecule has 0 atom stereocenters. The van der Waals surface area contributed by atoms with E-state index in [1.54, 1.807) is 6.92 Å². The molecular weight excluding hydrogens is 266 g/mol. The van der Waals surface area contributed by atoms with Crippen molar-refractivity contribution in [1.82, 2.24) is 10.6 Å². The smallest absolute Gasteiger partial charge is 0.217 e. The summed E-state index contributed by atoms with van der Waals surface area (Å²) in [6.45, 7) is 5.64. The van der Waals surface area contributed by atoms with Crippen LogP contribution in [-0.2, 0) is 9.59 Å². The molecule has 0 spiro atoms. The van der Waals surface area contributed by atoms with Gasteiger partial charge in [0.1, 0.15) is 0 Å². The van der Waals surface area contributed by atoms with E-state index in [0.717, 1.165) is 17.0 Å². The minimum absolute atomic E-state index is 0.0832. The van der Waals surface area contributed by atoms with Gasteiger partial charge in [-0.15, -0.1) is 0 Å². The van der Waals surface area contributed by atoms with Gasteiger partial charge in [0.2, 0.25) is 12.3 Å². The van der Waals surface area contributed by atoms with E-state index in [-0.39, 0.29) is 5.91 Å². The third-order valence-electron chi connectivity index (χ3n) is 2.76. The summed E-state index contributed by atoms with van der Waals surface area (Å²) in [5.74, 6) is -0.0832. The number of carbonyl (C=O) groups excluding carboxylic acids is 2. The zero-order chi connectivity index (χ0) is 15.7. The number of anilines is 1. The first kappa shape index (κ1) is 16.5. The molecule has 0 aliphatic rings. The average Bonchev–Trinajstić information content (AvgIpc) is 2.45. The van der Waals surface area contributed by atoms with E-state index in [4.69, 9.17) is 0 Å². The third-order valence-corrected chi connectivity index (χ3v) is 2.76. The molecule has 0 radical (unpaired) electrons. The number of amides is 2. The second-order valence-corrected chi connectivity index (χ2v) is 4.68. The van der Waals surface area contributed by atoms with Crippen molar-refractivity contribution in [3.63, 3.8) is 0 Å². The van der Waals surface area contributed by atoms with Gasteiger partial charge in [-0.2, -0.15) is 0 Å². The van der Waals surface area contributed by atoms with Crippen molar-refractivity contribution in [1.29, 1.82) is 0 Å². The van der Waals surface area contributed by atoms with Crippen LogP contribution in [0.5, 0.6) is 0 Å². The molecule has 0 saturated heterocycles. The zero-order valence-electron chi connectivity index (χ0n) is 12.6. The lowest BCUT2D eigenvalue weighted by Gasteiger charge is -2.13. The molecule has 0 unspecified atom stereocenters. The van der Waals surface area contributed by atoms with Gasteiger partial charge in [0.15, 0.2) is 0 Å². The van der Waals surface area contributed by atoms with Crippen LogP contribution in [0.1, 0.15) is 20.8 Å². The fourth-order valence-electron chi connectivity index (χ4n) is 1.65. The number of carbonyl (C=O) groups is 2. The van der Waals surface area contributed by atoms with Gasteiger partial charge in [0.25, 0.3) is 0 Å². The van der Waals surface area contributed by atoms with Crippen LogP contribution in [-0.4, -0.2) is 18.9 Å². The van der Waals surface area contributed by atoms with Crippen molar-refractivity contribution < 1.29 is 9.59 Å². The van der Waals surface area contributed by atoms with Gasteiger partial charge >= 0.3 is 0 Å². The second kappa shape index (κ2) is 8.58. The van der Waals surface area contributed by atoms with E-state index in [9.17, 15) is 9.59 Å². The minimum atomic E-state index is -0.0832. The number of hydrogen-bond donors (Lipinski definition) is 3. The molecular formula is C16H21N3O2. The second-order valence-electron chi connectivity index (χ2n) is 4.68. The van der Waals surface area contributed by atoms with Crippen LogP contribution < -0.4 is 16.0 Å². The summed E-state index contributed by atoms with van der Waals surface area (Å²) in [4.78, 5) is 21.5. The predicted molar refractivity (Wildman–Crippen MR) is 84.4 cm³/mol. The van der Waals surface area contributed by atoms with Crippen LogP contribution in [0.25, 0.3) is 0 Å². The van der Waals surface area contributed by atoms with Gasteiger partial charge in [-0.25, -0.2) is 0 Å². The average molecular weight is 287 g/mol. The number of benzene rings is 1. The molecule has 5 nitrogen and oxygen atoms in total. The van der Waals surface area contributed by atoms with Crippen LogP contribution in [0.4, 0.5) is 5.69 Å². The lowest BCUT2D eigenvalue weighted by molar-refractivity contribution is -0.118. The molecule has 21 heavy (non-hydrogen) atoms. The quantitative estimate of drug-likeness (QED) is 0.531. The van der Waals surface area contributed by atoms with Crippen molar-refractivity contribution >= 4 is 18.0 Å². The molecule has 1 aromatic rings. The van der Waals surface area contributed by atoms with E-state index in [1.165, 1.54) is 6.92 Å². The maximum absolute atomic E-state index is 11.0. The molecule has 2 amide bonds. The normalized spacial score (nSPS) is 12.2. The van der Waals surface area contributed by atoms with Crippen molar-refractivity contribution in [2.45, 2.75) is 20.8 Å². The Labute approximate surface area is 125 Å². The Hall–Kier alpha value is -2.56. The SMILES string of the molecule is CC(=O)NC/C(C)=C(/C=C(/C)NC=O)Nc1ccccc1. The largest absolute Gasteiger partial charge is 0.355 e. The molecule has 0 aliphatic heterocycles. The van der Waals surface area contributed by atoms with Crippen molar-refractivity contribution in [3.8, 4) is 0 Å². The number of hydrogen-bond acceptors (Lipinski definition) is 3. The van der Waals surface area contributed by atoms with Gasteiger partial charge in [0.05, 0.1) is 0 Å². The highest BCUT2D eigenvalue weighted by atomic mass is 16.1. The first-order valence-corrected chi connectivity index (χ1v) is 6.67. The van der Waals surface area contributed by atoms with Crippen molar-refractivity contribution in [3.05, 3.63) is 53.4 Å². The Morgan fingerprint density at radius 2 is 1.81 bits per heavy atom. The van der Waals surface area contributed by atoms with Crippen LogP contribution in [0.3, 0.4) is 0 Å². The van der Waals surface area contributed by atoms with Crippen molar-refractivity contribution in [2.75, 3.05) is 11.9 Å². The molecule has 5 heteroatoms. The van der Waals surface area contributed by atoms with Crippen LogP contribution >= 0.6 is 0 Å². The summed E-state index contributed by atoms with van der Waals surface area (Å²) in [7, 11) is 0. The summed E-state index contributed by atoms with van der Waals surface area (Å²) in [6.07, 6.45) is 2.47. The monoisotopic (exact) mass is 287 g/mol. The molecule has 0 aliphatic carbocycles. The number of allylic oxidation sites excluding steroid dienone is 2.